The summed E-state index contributed by atoms with van der Waals surface area (Å²) >= 11 is 3.40. The fraction of sp³-hybridized carbons (Fsp3) is 0.467. The molecular formula is C15H18BrNO3. The first kappa shape index (κ1) is 15.0. The fourth-order valence-electron chi connectivity index (χ4n) is 2.75. The van der Waals surface area contributed by atoms with Crippen LogP contribution in [0.1, 0.15) is 37.8 Å². The van der Waals surface area contributed by atoms with E-state index in [0.29, 0.717) is 12.8 Å². The molecular weight excluding hydrogens is 322 g/mol. The summed E-state index contributed by atoms with van der Waals surface area (Å²) in [5, 5.41) is 12.1. The molecule has 1 aromatic carbocycles. The van der Waals surface area contributed by atoms with Crippen LogP contribution in [0, 0.1) is 11.8 Å². The maximum atomic E-state index is 12.2. The predicted octanol–water partition coefficient (Wildman–Crippen LogP) is 3.13. The third kappa shape index (κ3) is 3.39. The molecule has 0 aliphatic heterocycles. The highest BCUT2D eigenvalue weighted by Gasteiger charge is 2.38. The minimum absolute atomic E-state index is 0.130. The summed E-state index contributed by atoms with van der Waals surface area (Å²) < 4.78 is 0.959. The molecule has 0 heterocycles. The second kappa shape index (κ2) is 6.39. The number of halogens is 1. The maximum Gasteiger partial charge on any atom is 0.307 e. The molecule has 0 radical (unpaired) electrons. The molecule has 108 valence electrons. The summed E-state index contributed by atoms with van der Waals surface area (Å²) in [5.41, 5.74) is 0.998. The lowest BCUT2D eigenvalue weighted by Gasteiger charge is -2.20. The van der Waals surface area contributed by atoms with Gasteiger partial charge in [0.2, 0.25) is 5.91 Å². The number of carboxylic acids is 1. The Labute approximate surface area is 126 Å². The number of hydrogen-bond acceptors (Lipinski definition) is 2. The van der Waals surface area contributed by atoms with Gasteiger partial charge in [0.15, 0.2) is 0 Å². The molecule has 2 N–H and O–H groups in total. The lowest BCUT2D eigenvalue weighted by Crippen LogP contribution is -2.36. The van der Waals surface area contributed by atoms with Gasteiger partial charge in [-0.25, -0.2) is 0 Å². The largest absolute Gasteiger partial charge is 0.481 e. The SMILES string of the molecule is C[C@@H](NC(=O)C1CCCC1C(=O)O)c1cccc(Br)c1. The zero-order valence-electron chi connectivity index (χ0n) is 11.3. The van der Waals surface area contributed by atoms with Crippen molar-refractivity contribution in [2.45, 2.75) is 32.2 Å². The van der Waals surface area contributed by atoms with Crippen molar-refractivity contribution in [2.24, 2.45) is 11.8 Å². The molecule has 1 fully saturated rings. The first-order valence-corrected chi connectivity index (χ1v) is 7.57. The van der Waals surface area contributed by atoms with E-state index in [-0.39, 0.29) is 11.9 Å². The predicted molar refractivity (Wildman–Crippen MR) is 79.2 cm³/mol. The second-order valence-corrected chi connectivity index (χ2v) is 6.18. The fourth-order valence-corrected chi connectivity index (χ4v) is 3.17. The molecule has 0 saturated heterocycles. The van der Waals surface area contributed by atoms with E-state index in [1.165, 1.54) is 0 Å². The molecule has 1 aliphatic rings. The Hall–Kier alpha value is -1.36. The van der Waals surface area contributed by atoms with Crippen LogP contribution in [0.3, 0.4) is 0 Å². The summed E-state index contributed by atoms with van der Waals surface area (Å²) in [5.74, 6) is -1.95. The van der Waals surface area contributed by atoms with Gasteiger partial charge in [0.1, 0.15) is 0 Å². The van der Waals surface area contributed by atoms with Crippen molar-refractivity contribution in [2.75, 3.05) is 0 Å². The van der Waals surface area contributed by atoms with E-state index in [1.807, 2.05) is 31.2 Å². The standard InChI is InChI=1S/C15H18BrNO3/c1-9(10-4-2-5-11(16)8-10)17-14(18)12-6-3-7-13(12)15(19)20/h2,4-5,8-9,12-13H,3,6-7H2,1H3,(H,17,18)(H,19,20)/t9-,12?,13?/m1/s1. The van der Waals surface area contributed by atoms with Gasteiger partial charge in [-0.05, 0) is 37.5 Å². The average Bonchev–Trinajstić information content (AvgIpc) is 2.88. The van der Waals surface area contributed by atoms with Crippen LogP contribution in [-0.2, 0) is 9.59 Å². The number of amides is 1. The molecule has 1 aliphatic carbocycles. The van der Waals surface area contributed by atoms with Crippen molar-refractivity contribution >= 4 is 27.8 Å². The molecule has 0 aromatic heterocycles. The molecule has 4 nitrogen and oxygen atoms in total. The number of aliphatic carboxylic acids is 1. The smallest absolute Gasteiger partial charge is 0.307 e. The lowest BCUT2D eigenvalue weighted by molar-refractivity contribution is -0.146. The molecule has 3 atom stereocenters. The van der Waals surface area contributed by atoms with Crippen molar-refractivity contribution in [3.8, 4) is 0 Å². The normalized spacial score (nSPS) is 23.3. The van der Waals surface area contributed by atoms with Crippen molar-refractivity contribution in [3.63, 3.8) is 0 Å². The van der Waals surface area contributed by atoms with Crippen LogP contribution in [0.2, 0.25) is 0 Å². The molecule has 2 rings (SSSR count). The molecule has 20 heavy (non-hydrogen) atoms. The van der Waals surface area contributed by atoms with Crippen molar-refractivity contribution in [1.29, 1.82) is 0 Å². The zero-order valence-corrected chi connectivity index (χ0v) is 12.9. The highest BCUT2D eigenvalue weighted by atomic mass is 79.9. The van der Waals surface area contributed by atoms with Crippen LogP contribution >= 0.6 is 15.9 Å². The van der Waals surface area contributed by atoms with Crippen molar-refractivity contribution < 1.29 is 14.7 Å². The van der Waals surface area contributed by atoms with Gasteiger partial charge in [-0.3, -0.25) is 9.59 Å². The molecule has 1 amide bonds. The Morgan fingerprint density at radius 3 is 2.70 bits per heavy atom. The third-order valence-electron chi connectivity index (χ3n) is 3.88. The van der Waals surface area contributed by atoms with Crippen LogP contribution in [0.15, 0.2) is 28.7 Å². The van der Waals surface area contributed by atoms with E-state index >= 15 is 0 Å². The molecule has 2 unspecified atom stereocenters. The Morgan fingerprint density at radius 1 is 1.35 bits per heavy atom. The summed E-state index contributed by atoms with van der Waals surface area (Å²) in [6.45, 7) is 1.91. The molecule has 0 bridgehead atoms. The van der Waals surface area contributed by atoms with E-state index in [4.69, 9.17) is 5.11 Å². The zero-order chi connectivity index (χ0) is 14.7. The first-order valence-electron chi connectivity index (χ1n) is 6.77. The Balaban J connectivity index is 2.02. The number of rotatable bonds is 4. The maximum absolute atomic E-state index is 12.2. The number of benzene rings is 1. The lowest BCUT2D eigenvalue weighted by atomic mass is 9.94. The molecule has 1 aromatic rings. The van der Waals surface area contributed by atoms with Gasteiger partial charge in [0.25, 0.3) is 0 Å². The third-order valence-corrected chi connectivity index (χ3v) is 4.37. The highest BCUT2D eigenvalue weighted by Crippen LogP contribution is 2.32. The topological polar surface area (TPSA) is 66.4 Å². The number of carbonyl (C=O) groups is 2. The molecule has 1 saturated carbocycles. The van der Waals surface area contributed by atoms with Crippen molar-refractivity contribution in [3.05, 3.63) is 34.3 Å². The molecule has 0 spiro atoms. The van der Waals surface area contributed by atoms with Crippen LogP contribution in [0.25, 0.3) is 0 Å². The molecule has 5 heteroatoms. The Bertz CT molecular complexity index is 518. The van der Waals surface area contributed by atoms with Crippen LogP contribution in [0.4, 0.5) is 0 Å². The first-order chi connectivity index (χ1) is 9.49. The quantitative estimate of drug-likeness (QED) is 0.885. The average molecular weight is 340 g/mol. The van der Waals surface area contributed by atoms with Gasteiger partial charge < -0.3 is 10.4 Å². The van der Waals surface area contributed by atoms with Crippen LogP contribution in [-0.4, -0.2) is 17.0 Å². The minimum atomic E-state index is -0.863. The highest BCUT2D eigenvalue weighted by molar-refractivity contribution is 9.10. The van der Waals surface area contributed by atoms with Gasteiger partial charge >= 0.3 is 5.97 Å². The number of carbonyl (C=O) groups excluding carboxylic acids is 1. The van der Waals surface area contributed by atoms with Gasteiger partial charge in [-0.2, -0.15) is 0 Å². The summed E-state index contributed by atoms with van der Waals surface area (Å²) in [6, 6.07) is 7.61. The van der Waals surface area contributed by atoms with Gasteiger partial charge in [0, 0.05) is 4.47 Å². The summed E-state index contributed by atoms with van der Waals surface area (Å²) in [4.78, 5) is 23.4. The Kier molecular flexibility index (Phi) is 4.81. The van der Waals surface area contributed by atoms with Gasteiger partial charge in [-0.1, -0.05) is 34.5 Å². The van der Waals surface area contributed by atoms with E-state index in [0.717, 1.165) is 16.5 Å². The monoisotopic (exact) mass is 339 g/mol. The van der Waals surface area contributed by atoms with E-state index < -0.39 is 17.8 Å². The van der Waals surface area contributed by atoms with E-state index in [2.05, 4.69) is 21.2 Å². The number of carboxylic acid groups (broad SMARTS) is 1. The number of hydrogen-bond donors (Lipinski definition) is 2. The van der Waals surface area contributed by atoms with E-state index in [9.17, 15) is 9.59 Å². The van der Waals surface area contributed by atoms with Crippen molar-refractivity contribution in [1.82, 2.24) is 5.32 Å². The minimum Gasteiger partial charge on any atom is -0.481 e. The number of nitrogens with one attached hydrogen (secondary N) is 1. The summed E-state index contributed by atoms with van der Waals surface area (Å²) in [6.07, 6.45) is 2.06. The van der Waals surface area contributed by atoms with Gasteiger partial charge in [-0.15, -0.1) is 0 Å². The second-order valence-electron chi connectivity index (χ2n) is 5.27. The van der Waals surface area contributed by atoms with Gasteiger partial charge in [0.05, 0.1) is 17.9 Å². The van der Waals surface area contributed by atoms with Crippen LogP contribution in [0.5, 0.6) is 0 Å². The van der Waals surface area contributed by atoms with Crippen LogP contribution < -0.4 is 5.32 Å². The summed E-state index contributed by atoms with van der Waals surface area (Å²) in [7, 11) is 0. The van der Waals surface area contributed by atoms with E-state index in [1.54, 1.807) is 0 Å². The Morgan fingerprint density at radius 2 is 2.05 bits per heavy atom.